The quantitative estimate of drug-likeness (QED) is 0.865. The lowest BCUT2D eigenvalue weighted by molar-refractivity contribution is -0.121. The summed E-state index contributed by atoms with van der Waals surface area (Å²) >= 11 is 3.26. The van der Waals surface area contributed by atoms with Crippen molar-refractivity contribution in [2.24, 2.45) is 0 Å². The van der Waals surface area contributed by atoms with Crippen LogP contribution in [0, 0.1) is 0 Å². The number of likely N-dealkylation sites (N-methyl/N-ethyl adjacent to an activating group) is 1. The van der Waals surface area contributed by atoms with Crippen molar-refractivity contribution in [3.8, 4) is 5.75 Å². The number of carbonyl (C=O) groups excluding carboxylic acids is 2. The van der Waals surface area contributed by atoms with Gasteiger partial charge in [0.1, 0.15) is 5.75 Å². The van der Waals surface area contributed by atoms with Crippen molar-refractivity contribution in [3.63, 3.8) is 0 Å². The molecule has 0 aliphatic rings. The molecule has 0 fully saturated rings. The van der Waals surface area contributed by atoms with Crippen LogP contribution in [0.15, 0.2) is 22.7 Å². The van der Waals surface area contributed by atoms with E-state index in [2.05, 4.69) is 21.2 Å². The van der Waals surface area contributed by atoms with Gasteiger partial charge in [-0.3, -0.25) is 9.59 Å². The average molecular weight is 329 g/mol. The number of benzene rings is 1. The molecular formula is C13H17BrN2O3. The fourth-order valence-electron chi connectivity index (χ4n) is 1.62. The average Bonchev–Trinajstić information content (AvgIpc) is 2.40. The Kier molecular flexibility index (Phi) is 5.82. The minimum Gasteiger partial charge on any atom is -0.507 e. The molecule has 0 heterocycles. The van der Waals surface area contributed by atoms with Gasteiger partial charge in [0.2, 0.25) is 5.91 Å². The first-order chi connectivity index (χ1) is 8.99. The predicted molar refractivity (Wildman–Crippen MR) is 76.1 cm³/mol. The molecule has 1 rings (SSSR count). The molecular weight excluding hydrogens is 312 g/mol. The number of hydrogen-bond acceptors (Lipinski definition) is 3. The molecule has 6 heteroatoms. The molecule has 5 nitrogen and oxygen atoms in total. The van der Waals surface area contributed by atoms with Crippen molar-refractivity contribution in [3.05, 3.63) is 28.2 Å². The standard InChI is InChI=1S/C13H17BrN2O3/c1-3-6-16(8-12(18)15-2)13(19)10-7-9(14)4-5-11(10)17/h4-5,7,17H,3,6,8H2,1-2H3,(H,15,18). The van der Waals surface area contributed by atoms with Crippen LogP contribution >= 0.6 is 15.9 Å². The van der Waals surface area contributed by atoms with Gasteiger partial charge in [-0.15, -0.1) is 0 Å². The van der Waals surface area contributed by atoms with E-state index in [1.54, 1.807) is 12.1 Å². The third kappa shape index (κ3) is 4.24. The van der Waals surface area contributed by atoms with Crippen LogP contribution in [-0.2, 0) is 4.79 Å². The molecule has 0 saturated heterocycles. The van der Waals surface area contributed by atoms with Gasteiger partial charge < -0.3 is 15.3 Å². The number of carbonyl (C=O) groups is 2. The highest BCUT2D eigenvalue weighted by Crippen LogP contribution is 2.23. The van der Waals surface area contributed by atoms with Crippen molar-refractivity contribution in [2.45, 2.75) is 13.3 Å². The highest BCUT2D eigenvalue weighted by atomic mass is 79.9. The maximum absolute atomic E-state index is 12.3. The summed E-state index contributed by atoms with van der Waals surface area (Å²) in [7, 11) is 1.52. The van der Waals surface area contributed by atoms with Crippen LogP contribution in [0.25, 0.3) is 0 Å². The molecule has 1 aromatic carbocycles. The molecule has 0 radical (unpaired) electrons. The molecule has 0 spiro atoms. The Morgan fingerprint density at radius 3 is 2.68 bits per heavy atom. The largest absolute Gasteiger partial charge is 0.507 e. The minimum atomic E-state index is -0.357. The van der Waals surface area contributed by atoms with Crippen LogP contribution in [0.5, 0.6) is 5.75 Å². The Hall–Kier alpha value is -1.56. The van der Waals surface area contributed by atoms with Gasteiger partial charge in [-0.2, -0.15) is 0 Å². The molecule has 2 N–H and O–H groups in total. The summed E-state index contributed by atoms with van der Waals surface area (Å²) in [6.45, 7) is 2.36. The number of phenolic OH excluding ortho intramolecular Hbond substituents is 1. The summed E-state index contributed by atoms with van der Waals surface area (Å²) in [5.74, 6) is -0.688. The zero-order chi connectivity index (χ0) is 14.4. The fourth-order valence-corrected chi connectivity index (χ4v) is 1.99. The number of rotatable bonds is 5. The number of halogens is 1. The molecule has 0 aromatic heterocycles. The smallest absolute Gasteiger partial charge is 0.258 e. The molecule has 0 aliphatic carbocycles. The maximum Gasteiger partial charge on any atom is 0.258 e. The highest BCUT2D eigenvalue weighted by Gasteiger charge is 2.20. The van der Waals surface area contributed by atoms with E-state index in [-0.39, 0.29) is 29.7 Å². The van der Waals surface area contributed by atoms with E-state index in [9.17, 15) is 14.7 Å². The second-order valence-corrected chi connectivity index (χ2v) is 4.98. The number of amides is 2. The SMILES string of the molecule is CCCN(CC(=O)NC)C(=O)c1cc(Br)ccc1O. The Morgan fingerprint density at radius 2 is 2.11 bits per heavy atom. The Morgan fingerprint density at radius 1 is 1.42 bits per heavy atom. The third-order valence-corrected chi connectivity index (χ3v) is 3.08. The van der Waals surface area contributed by atoms with Crippen molar-refractivity contribution >= 4 is 27.7 Å². The van der Waals surface area contributed by atoms with Crippen LogP contribution in [0.3, 0.4) is 0 Å². The number of phenols is 1. The molecule has 2 amide bonds. The van der Waals surface area contributed by atoms with Gasteiger partial charge in [-0.05, 0) is 24.6 Å². The van der Waals surface area contributed by atoms with Gasteiger partial charge in [0, 0.05) is 18.1 Å². The number of hydrogen-bond donors (Lipinski definition) is 2. The van der Waals surface area contributed by atoms with E-state index < -0.39 is 0 Å². The molecule has 0 bridgehead atoms. The molecule has 104 valence electrons. The van der Waals surface area contributed by atoms with Crippen LogP contribution in [-0.4, -0.2) is 42.0 Å². The Balaban J connectivity index is 2.98. The normalized spacial score (nSPS) is 10.1. The fraction of sp³-hybridized carbons (Fsp3) is 0.385. The van der Waals surface area contributed by atoms with E-state index in [1.165, 1.54) is 18.0 Å². The van der Waals surface area contributed by atoms with Gasteiger partial charge in [0.25, 0.3) is 5.91 Å². The third-order valence-electron chi connectivity index (χ3n) is 2.58. The van der Waals surface area contributed by atoms with Crippen molar-refractivity contribution in [1.82, 2.24) is 10.2 Å². The Labute approximate surface area is 120 Å². The second kappa shape index (κ2) is 7.13. The van der Waals surface area contributed by atoms with E-state index in [0.29, 0.717) is 11.0 Å². The predicted octanol–water partition coefficient (Wildman–Crippen LogP) is 1.75. The van der Waals surface area contributed by atoms with Gasteiger partial charge in [-0.1, -0.05) is 22.9 Å². The lowest BCUT2D eigenvalue weighted by atomic mass is 10.1. The molecule has 0 atom stereocenters. The number of nitrogens with one attached hydrogen (secondary N) is 1. The van der Waals surface area contributed by atoms with Gasteiger partial charge in [0.05, 0.1) is 12.1 Å². The minimum absolute atomic E-state index is 0.0187. The first-order valence-electron chi connectivity index (χ1n) is 5.98. The van der Waals surface area contributed by atoms with E-state index in [1.807, 2.05) is 6.92 Å². The first kappa shape index (κ1) is 15.5. The topological polar surface area (TPSA) is 69.6 Å². The molecule has 0 saturated carbocycles. The summed E-state index contributed by atoms with van der Waals surface area (Å²) in [5, 5.41) is 12.2. The molecule has 0 unspecified atom stereocenters. The lowest BCUT2D eigenvalue weighted by Crippen LogP contribution is -2.40. The monoisotopic (exact) mass is 328 g/mol. The second-order valence-electron chi connectivity index (χ2n) is 4.06. The molecule has 19 heavy (non-hydrogen) atoms. The van der Waals surface area contributed by atoms with Crippen molar-refractivity contribution in [2.75, 3.05) is 20.1 Å². The summed E-state index contributed by atoms with van der Waals surface area (Å²) < 4.78 is 0.699. The summed E-state index contributed by atoms with van der Waals surface area (Å²) in [6, 6.07) is 4.64. The van der Waals surface area contributed by atoms with E-state index in [4.69, 9.17) is 0 Å². The summed E-state index contributed by atoms with van der Waals surface area (Å²) in [6.07, 6.45) is 0.734. The van der Waals surface area contributed by atoms with Crippen LogP contribution in [0.1, 0.15) is 23.7 Å². The molecule has 1 aromatic rings. The number of aromatic hydroxyl groups is 1. The van der Waals surface area contributed by atoms with Crippen LogP contribution < -0.4 is 5.32 Å². The van der Waals surface area contributed by atoms with Gasteiger partial charge in [-0.25, -0.2) is 0 Å². The van der Waals surface area contributed by atoms with Crippen LogP contribution in [0.2, 0.25) is 0 Å². The van der Waals surface area contributed by atoms with E-state index >= 15 is 0 Å². The van der Waals surface area contributed by atoms with Crippen molar-refractivity contribution in [1.29, 1.82) is 0 Å². The van der Waals surface area contributed by atoms with Crippen molar-refractivity contribution < 1.29 is 14.7 Å². The summed E-state index contributed by atoms with van der Waals surface area (Å²) in [5.41, 5.74) is 0.187. The molecule has 0 aliphatic heterocycles. The maximum atomic E-state index is 12.3. The first-order valence-corrected chi connectivity index (χ1v) is 6.77. The van der Waals surface area contributed by atoms with Gasteiger partial charge >= 0.3 is 0 Å². The summed E-state index contributed by atoms with van der Waals surface area (Å²) in [4.78, 5) is 25.1. The van der Waals surface area contributed by atoms with Crippen LogP contribution in [0.4, 0.5) is 0 Å². The zero-order valence-corrected chi connectivity index (χ0v) is 12.5. The Bertz CT molecular complexity index is 477. The van der Waals surface area contributed by atoms with E-state index in [0.717, 1.165) is 6.42 Å². The van der Waals surface area contributed by atoms with Gasteiger partial charge in [0.15, 0.2) is 0 Å². The lowest BCUT2D eigenvalue weighted by Gasteiger charge is -2.21. The number of nitrogens with zero attached hydrogens (tertiary/aromatic N) is 1. The highest BCUT2D eigenvalue weighted by molar-refractivity contribution is 9.10. The zero-order valence-electron chi connectivity index (χ0n) is 10.9.